The smallest absolute Gasteiger partial charge is 0.290 e. The Balaban J connectivity index is 1.09. The zero-order valence-corrected chi connectivity index (χ0v) is 18.2. The van der Waals surface area contributed by atoms with E-state index in [0.717, 1.165) is 31.5 Å². The number of carbonyl (C=O) groups is 1. The van der Waals surface area contributed by atoms with Gasteiger partial charge in [-0.2, -0.15) is 0 Å². The molecule has 168 valence electrons. The monoisotopic (exact) mass is 437 g/mol. The van der Waals surface area contributed by atoms with Crippen molar-refractivity contribution in [2.75, 3.05) is 26.7 Å². The fourth-order valence-electron chi connectivity index (χ4n) is 4.18. The number of hydrogen-bond donors (Lipinski definition) is 1. The van der Waals surface area contributed by atoms with Gasteiger partial charge in [-0.1, -0.05) is 35.5 Å². The van der Waals surface area contributed by atoms with E-state index in [1.54, 1.807) is 6.07 Å². The van der Waals surface area contributed by atoms with E-state index in [4.69, 9.17) is 13.7 Å². The molecule has 3 aromatic rings. The Labute approximate surface area is 186 Å². The quantitative estimate of drug-likeness (QED) is 0.573. The molecule has 9 heteroatoms. The molecule has 32 heavy (non-hydrogen) atoms. The molecule has 2 aromatic heterocycles. The van der Waals surface area contributed by atoms with Gasteiger partial charge < -0.3 is 23.9 Å². The lowest BCUT2D eigenvalue weighted by molar-refractivity contribution is -0.0179. The van der Waals surface area contributed by atoms with Crippen molar-refractivity contribution in [1.29, 1.82) is 0 Å². The second-order valence-corrected chi connectivity index (χ2v) is 8.82. The Hall–Kier alpha value is -3.04. The Morgan fingerprint density at radius 2 is 2.03 bits per heavy atom. The van der Waals surface area contributed by atoms with E-state index in [1.807, 2.05) is 37.3 Å². The number of likely N-dealkylation sites (tertiary alicyclic amines) is 1. The van der Waals surface area contributed by atoms with Crippen LogP contribution in [-0.2, 0) is 4.74 Å². The van der Waals surface area contributed by atoms with Crippen molar-refractivity contribution in [3.63, 3.8) is 0 Å². The van der Waals surface area contributed by atoms with Gasteiger partial charge in [0, 0.05) is 42.6 Å². The Morgan fingerprint density at radius 1 is 1.25 bits per heavy atom. The lowest BCUT2D eigenvalue weighted by Gasteiger charge is -2.36. The molecule has 1 aromatic carbocycles. The van der Waals surface area contributed by atoms with Crippen LogP contribution < -0.4 is 5.32 Å². The summed E-state index contributed by atoms with van der Waals surface area (Å²) in [5, 5.41) is 15.3. The van der Waals surface area contributed by atoms with Crippen molar-refractivity contribution in [2.24, 2.45) is 5.92 Å². The highest BCUT2D eigenvalue weighted by molar-refractivity contribution is 5.92. The summed E-state index contributed by atoms with van der Waals surface area (Å²) in [5.74, 6) is 1.78. The summed E-state index contributed by atoms with van der Waals surface area (Å²) in [6.45, 7) is 4.77. The first kappa shape index (κ1) is 20.8. The molecule has 0 spiro atoms. The second-order valence-electron chi connectivity index (χ2n) is 8.82. The number of nitrogens with one attached hydrogen (secondary N) is 1. The first-order valence-electron chi connectivity index (χ1n) is 11.0. The molecule has 5 rings (SSSR count). The van der Waals surface area contributed by atoms with E-state index in [-0.39, 0.29) is 29.7 Å². The van der Waals surface area contributed by atoms with Gasteiger partial charge in [-0.05, 0) is 26.8 Å². The predicted molar refractivity (Wildman–Crippen MR) is 115 cm³/mol. The normalized spacial score (nSPS) is 22.2. The van der Waals surface area contributed by atoms with Crippen LogP contribution in [0.2, 0.25) is 0 Å². The standard InChI is InChI=1S/C23H27N5O4/c1-14(30-13-15-11-28(2)12-15)22-25-26-23(31-22)17-8-18(9-17)24-21(29)20-10-19(27-32-20)16-6-4-3-5-7-16/h3-7,10,14-15,17-18H,8-9,11-13H2,1-2H3,(H,24,29)/t14-,17?,18?/m1/s1. The highest BCUT2D eigenvalue weighted by Gasteiger charge is 2.36. The summed E-state index contributed by atoms with van der Waals surface area (Å²) in [6.07, 6.45) is 1.27. The molecular weight excluding hydrogens is 410 g/mol. The summed E-state index contributed by atoms with van der Waals surface area (Å²) in [4.78, 5) is 14.8. The maximum atomic E-state index is 12.5. The highest BCUT2D eigenvalue weighted by atomic mass is 16.5. The van der Waals surface area contributed by atoms with Crippen LogP contribution in [0.4, 0.5) is 0 Å². The van der Waals surface area contributed by atoms with Gasteiger partial charge in [0.15, 0.2) is 0 Å². The fourth-order valence-corrected chi connectivity index (χ4v) is 4.18. The van der Waals surface area contributed by atoms with Crippen molar-refractivity contribution < 1.29 is 18.5 Å². The first-order valence-corrected chi connectivity index (χ1v) is 11.0. The Kier molecular flexibility index (Phi) is 5.75. The maximum Gasteiger partial charge on any atom is 0.290 e. The topological polar surface area (TPSA) is 107 Å². The number of amides is 1. The van der Waals surface area contributed by atoms with Gasteiger partial charge in [0.1, 0.15) is 11.8 Å². The third-order valence-corrected chi connectivity index (χ3v) is 6.15. The van der Waals surface area contributed by atoms with Gasteiger partial charge in [-0.15, -0.1) is 10.2 Å². The number of hydrogen-bond acceptors (Lipinski definition) is 8. The van der Waals surface area contributed by atoms with E-state index in [2.05, 4.69) is 32.6 Å². The zero-order chi connectivity index (χ0) is 22.1. The van der Waals surface area contributed by atoms with Crippen LogP contribution in [0.25, 0.3) is 11.3 Å². The third-order valence-electron chi connectivity index (χ3n) is 6.15. The van der Waals surface area contributed by atoms with Crippen LogP contribution in [0.1, 0.15) is 54.1 Å². The zero-order valence-electron chi connectivity index (χ0n) is 18.2. The van der Waals surface area contributed by atoms with Gasteiger partial charge in [0.05, 0.1) is 6.61 Å². The van der Waals surface area contributed by atoms with E-state index in [1.165, 1.54) is 0 Å². The Bertz CT molecular complexity index is 1050. The fraction of sp³-hybridized carbons (Fsp3) is 0.478. The maximum absolute atomic E-state index is 12.5. The molecule has 9 nitrogen and oxygen atoms in total. The molecule has 2 aliphatic rings. The highest BCUT2D eigenvalue weighted by Crippen LogP contribution is 2.37. The summed E-state index contributed by atoms with van der Waals surface area (Å²) in [7, 11) is 2.10. The van der Waals surface area contributed by atoms with Crippen molar-refractivity contribution in [2.45, 2.75) is 37.8 Å². The Morgan fingerprint density at radius 3 is 2.78 bits per heavy atom. The lowest BCUT2D eigenvalue weighted by atomic mass is 9.80. The summed E-state index contributed by atoms with van der Waals surface area (Å²) >= 11 is 0. The second kappa shape index (κ2) is 8.84. The first-order chi connectivity index (χ1) is 15.5. The number of carbonyl (C=O) groups excluding carboxylic acids is 1. The van der Waals surface area contributed by atoms with E-state index in [9.17, 15) is 4.79 Å². The van der Waals surface area contributed by atoms with Crippen LogP contribution in [0.5, 0.6) is 0 Å². The molecule has 1 N–H and O–H groups in total. The van der Waals surface area contributed by atoms with E-state index < -0.39 is 0 Å². The van der Waals surface area contributed by atoms with Gasteiger partial charge >= 0.3 is 0 Å². The van der Waals surface area contributed by atoms with Gasteiger partial charge in [0.2, 0.25) is 17.5 Å². The van der Waals surface area contributed by atoms with Crippen molar-refractivity contribution >= 4 is 5.91 Å². The summed E-state index contributed by atoms with van der Waals surface area (Å²) in [6, 6.07) is 11.3. The molecule has 1 atom stereocenters. The van der Waals surface area contributed by atoms with E-state index >= 15 is 0 Å². The molecule has 1 aliphatic heterocycles. The minimum atomic E-state index is -0.266. The van der Waals surface area contributed by atoms with Crippen molar-refractivity contribution in [3.05, 3.63) is 53.9 Å². The molecule has 3 heterocycles. The number of benzene rings is 1. The number of nitrogens with zero attached hydrogens (tertiary/aromatic N) is 4. The molecule has 0 bridgehead atoms. The molecule has 1 saturated heterocycles. The average molecular weight is 438 g/mol. The predicted octanol–water partition coefficient (Wildman–Crippen LogP) is 3.04. The molecule has 1 saturated carbocycles. The largest absolute Gasteiger partial charge is 0.422 e. The number of ether oxygens (including phenoxy) is 1. The summed E-state index contributed by atoms with van der Waals surface area (Å²) < 4.78 is 17.0. The minimum absolute atomic E-state index is 0.0393. The molecule has 1 amide bonds. The third kappa shape index (κ3) is 4.44. The SMILES string of the molecule is C[C@@H](OCC1CN(C)C1)c1nnc(C2CC(NC(=O)c3cc(-c4ccccc4)no3)C2)o1. The molecular formula is C23H27N5O4. The molecule has 0 unspecified atom stereocenters. The molecule has 2 fully saturated rings. The van der Waals surface area contributed by atoms with Crippen LogP contribution in [0, 0.1) is 5.92 Å². The van der Waals surface area contributed by atoms with E-state index in [0.29, 0.717) is 30.0 Å². The van der Waals surface area contributed by atoms with Crippen molar-refractivity contribution in [3.8, 4) is 11.3 Å². The van der Waals surface area contributed by atoms with Crippen LogP contribution in [0.3, 0.4) is 0 Å². The van der Waals surface area contributed by atoms with Crippen LogP contribution in [0.15, 0.2) is 45.3 Å². The van der Waals surface area contributed by atoms with Gasteiger partial charge in [-0.3, -0.25) is 4.79 Å². The lowest BCUT2D eigenvalue weighted by Crippen LogP contribution is -2.45. The number of rotatable bonds is 8. The summed E-state index contributed by atoms with van der Waals surface area (Å²) in [5.41, 5.74) is 1.55. The average Bonchev–Trinajstić information content (AvgIpc) is 3.43. The van der Waals surface area contributed by atoms with Gasteiger partial charge in [0.25, 0.3) is 5.91 Å². The van der Waals surface area contributed by atoms with Crippen LogP contribution in [-0.4, -0.2) is 58.9 Å². The molecule has 0 radical (unpaired) electrons. The minimum Gasteiger partial charge on any atom is -0.422 e. The van der Waals surface area contributed by atoms with Crippen molar-refractivity contribution in [1.82, 2.24) is 25.6 Å². The number of aromatic nitrogens is 3. The van der Waals surface area contributed by atoms with Gasteiger partial charge in [-0.25, -0.2) is 0 Å². The molecule has 1 aliphatic carbocycles. The van der Waals surface area contributed by atoms with Crippen LogP contribution >= 0.6 is 0 Å².